The highest BCUT2D eigenvalue weighted by atomic mass is 16.6. The van der Waals surface area contributed by atoms with Crippen molar-refractivity contribution in [2.45, 2.75) is 59.6 Å². The molecule has 1 aromatic heterocycles. The largest absolute Gasteiger partial charge is 0.493 e. The molecule has 9 heteroatoms. The summed E-state index contributed by atoms with van der Waals surface area (Å²) in [5.41, 5.74) is 4.35. The van der Waals surface area contributed by atoms with Gasteiger partial charge in [0, 0.05) is 24.9 Å². The molecule has 42 heavy (non-hydrogen) atoms. The Morgan fingerprint density at radius 1 is 0.929 bits per heavy atom. The van der Waals surface area contributed by atoms with E-state index in [2.05, 4.69) is 10.3 Å². The molecule has 0 atom stereocenters. The van der Waals surface area contributed by atoms with Gasteiger partial charge < -0.3 is 29.1 Å². The third-order valence-electron chi connectivity index (χ3n) is 6.38. The number of aromatic nitrogens is 1. The number of amides is 1. The second-order valence-corrected chi connectivity index (χ2v) is 10.2. The summed E-state index contributed by atoms with van der Waals surface area (Å²) >= 11 is 0. The van der Waals surface area contributed by atoms with Crippen molar-refractivity contribution in [1.82, 2.24) is 10.3 Å². The molecule has 3 aromatic carbocycles. The highest BCUT2D eigenvalue weighted by Crippen LogP contribution is 2.27. The Labute approximate surface area is 245 Å². The molecule has 9 nitrogen and oxygen atoms in total. The zero-order valence-electron chi connectivity index (χ0n) is 24.3. The van der Waals surface area contributed by atoms with Gasteiger partial charge in [0.1, 0.15) is 23.0 Å². The maximum atomic E-state index is 12.0. The summed E-state index contributed by atoms with van der Waals surface area (Å²) < 4.78 is 23.0. The van der Waals surface area contributed by atoms with Gasteiger partial charge in [-0.25, -0.2) is 9.78 Å². The van der Waals surface area contributed by atoms with Crippen LogP contribution in [-0.2, 0) is 28.9 Å². The van der Waals surface area contributed by atoms with E-state index < -0.39 is 12.1 Å². The predicted molar refractivity (Wildman–Crippen MR) is 158 cm³/mol. The van der Waals surface area contributed by atoms with E-state index in [4.69, 9.17) is 23.7 Å². The van der Waals surface area contributed by atoms with Crippen LogP contribution >= 0.6 is 0 Å². The van der Waals surface area contributed by atoms with Gasteiger partial charge in [0.05, 0.1) is 18.4 Å². The molecule has 4 rings (SSSR count). The molecule has 0 spiro atoms. The predicted octanol–water partition coefficient (Wildman–Crippen LogP) is 7.02. The van der Waals surface area contributed by atoms with Crippen LogP contribution in [0.25, 0.3) is 11.5 Å². The van der Waals surface area contributed by atoms with Crippen molar-refractivity contribution in [3.63, 3.8) is 0 Å². The Kier molecular flexibility index (Phi) is 10.2. The number of aryl methyl sites for hydroxylation is 3. The van der Waals surface area contributed by atoms with Crippen LogP contribution in [0.4, 0.5) is 4.79 Å². The average Bonchev–Trinajstić information content (AvgIpc) is 3.31. The Morgan fingerprint density at radius 3 is 2.40 bits per heavy atom. The Morgan fingerprint density at radius 2 is 1.69 bits per heavy atom. The summed E-state index contributed by atoms with van der Waals surface area (Å²) in [6.07, 6.45) is 0.0697. The maximum absolute atomic E-state index is 12.0. The van der Waals surface area contributed by atoms with Crippen LogP contribution in [0.15, 0.2) is 71.1 Å². The summed E-state index contributed by atoms with van der Waals surface area (Å²) in [6, 6.07) is 20.9. The van der Waals surface area contributed by atoms with Crippen molar-refractivity contribution in [2.75, 3.05) is 6.61 Å². The first-order valence-electron chi connectivity index (χ1n) is 13.9. The van der Waals surface area contributed by atoms with Crippen LogP contribution < -0.4 is 14.8 Å². The van der Waals surface area contributed by atoms with Gasteiger partial charge in [0.2, 0.25) is 5.89 Å². The molecule has 1 heterocycles. The molecule has 0 unspecified atom stereocenters. The summed E-state index contributed by atoms with van der Waals surface area (Å²) in [4.78, 5) is 27.7. The first-order chi connectivity index (χ1) is 20.2. The summed E-state index contributed by atoms with van der Waals surface area (Å²) in [6.45, 7) is 7.98. The SMILES string of the molecule is Cc1cccc(Oc2ccc(-c3nc(CCOc4ccc(CCC(=O)O)c(CNC(=O)OC(C)C)c4)c(C)o3)cc2)c1. The smallest absolute Gasteiger partial charge is 0.407 e. The van der Waals surface area contributed by atoms with E-state index in [1.54, 1.807) is 19.9 Å². The maximum Gasteiger partial charge on any atom is 0.407 e. The van der Waals surface area contributed by atoms with Crippen LogP contribution in [0.1, 0.15) is 48.4 Å². The number of oxazole rings is 1. The lowest BCUT2D eigenvalue weighted by molar-refractivity contribution is -0.136. The van der Waals surface area contributed by atoms with Crippen molar-refractivity contribution in [1.29, 1.82) is 0 Å². The van der Waals surface area contributed by atoms with Crippen LogP contribution in [0.2, 0.25) is 0 Å². The molecule has 0 aliphatic heterocycles. The minimum atomic E-state index is -0.887. The Balaban J connectivity index is 1.36. The number of hydrogen-bond acceptors (Lipinski definition) is 7. The lowest BCUT2D eigenvalue weighted by atomic mass is 10.0. The molecule has 0 radical (unpaired) electrons. The van der Waals surface area contributed by atoms with Gasteiger partial charge in [-0.1, -0.05) is 18.2 Å². The fraction of sp³-hybridized carbons (Fsp3) is 0.303. The molecular weight excluding hydrogens is 536 g/mol. The molecule has 2 N–H and O–H groups in total. The lowest BCUT2D eigenvalue weighted by Crippen LogP contribution is -2.26. The van der Waals surface area contributed by atoms with Gasteiger partial charge >= 0.3 is 12.1 Å². The van der Waals surface area contributed by atoms with Crippen LogP contribution in [-0.4, -0.2) is 34.9 Å². The first-order valence-corrected chi connectivity index (χ1v) is 13.9. The summed E-state index contributed by atoms with van der Waals surface area (Å²) in [7, 11) is 0. The van der Waals surface area contributed by atoms with Gasteiger partial charge in [-0.3, -0.25) is 4.79 Å². The third kappa shape index (κ3) is 8.86. The van der Waals surface area contributed by atoms with Crippen molar-refractivity contribution in [3.8, 4) is 28.7 Å². The van der Waals surface area contributed by atoms with Crippen LogP contribution in [0.3, 0.4) is 0 Å². The first kappa shape index (κ1) is 30.2. The number of nitrogens with zero attached hydrogens (tertiary/aromatic N) is 1. The monoisotopic (exact) mass is 572 g/mol. The summed E-state index contributed by atoms with van der Waals surface area (Å²) in [5, 5.41) is 11.8. The summed E-state index contributed by atoms with van der Waals surface area (Å²) in [5.74, 6) is 2.46. The van der Waals surface area contributed by atoms with E-state index in [0.717, 1.165) is 39.4 Å². The number of carboxylic acids is 1. The second-order valence-electron chi connectivity index (χ2n) is 10.2. The van der Waals surface area contributed by atoms with Crippen LogP contribution in [0.5, 0.6) is 17.2 Å². The number of carboxylic acid groups (broad SMARTS) is 1. The van der Waals surface area contributed by atoms with Crippen LogP contribution in [0, 0.1) is 13.8 Å². The van der Waals surface area contributed by atoms with E-state index >= 15 is 0 Å². The quantitative estimate of drug-likeness (QED) is 0.175. The van der Waals surface area contributed by atoms with Gasteiger partial charge in [0.15, 0.2) is 0 Å². The normalized spacial score (nSPS) is 10.9. The molecule has 0 bridgehead atoms. The van der Waals surface area contributed by atoms with E-state index in [1.165, 1.54) is 0 Å². The third-order valence-corrected chi connectivity index (χ3v) is 6.38. The molecular formula is C33H36N2O7. The zero-order chi connectivity index (χ0) is 30.1. The number of carbonyl (C=O) groups excluding carboxylic acids is 1. The highest BCUT2D eigenvalue weighted by molar-refractivity contribution is 5.68. The second kappa shape index (κ2) is 14.2. The minimum absolute atomic E-state index is 0.0140. The molecule has 0 fully saturated rings. The van der Waals surface area contributed by atoms with Crippen molar-refractivity contribution >= 4 is 12.1 Å². The molecule has 0 aliphatic carbocycles. The molecule has 4 aromatic rings. The highest BCUT2D eigenvalue weighted by Gasteiger charge is 2.14. The number of carbonyl (C=O) groups is 2. The zero-order valence-corrected chi connectivity index (χ0v) is 24.3. The standard InChI is InChI=1S/C33H36N2O7/c1-21(2)40-33(38)34-20-26-19-28(14-8-24(26)11-15-31(36)37)39-17-16-30-23(4)41-32(35-30)25-9-12-27(13-10-25)42-29-7-5-6-22(3)18-29/h5-10,12-14,18-19,21H,11,15-17,20H2,1-4H3,(H,34,38)(H,36,37). The number of aliphatic carboxylic acids is 1. The molecule has 1 amide bonds. The lowest BCUT2D eigenvalue weighted by Gasteiger charge is -2.14. The molecule has 0 aliphatic rings. The number of hydrogen-bond donors (Lipinski definition) is 2. The van der Waals surface area contributed by atoms with Gasteiger partial charge in [-0.05, 0) is 99.3 Å². The Bertz CT molecular complexity index is 1510. The molecule has 0 saturated heterocycles. The number of rotatable bonds is 13. The molecule has 0 saturated carbocycles. The van der Waals surface area contributed by atoms with E-state index in [-0.39, 0.29) is 19.1 Å². The minimum Gasteiger partial charge on any atom is -0.493 e. The van der Waals surface area contributed by atoms with Crippen molar-refractivity contribution < 1.29 is 33.3 Å². The molecule has 220 valence electrons. The number of nitrogens with one attached hydrogen (secondary N) is 1. The number of benzene rings is 3. The number of ether oxygens (including phenoxy) is 3. The van der Waals surface area contributed by atoms with Crippen molar-refractivity contribution in [2.24, 2.45) is 0 Å². The van der Waals surface area contributed by atoms with E-state index in [1.807, 2.05) is 74.5 Å². The van der Waals surface area contributed by atoms with E-state index in [0.29, 0.717) is 36.8 Å². The van der Waals surface area contributed by atoms with Gasteiger partial charge in [0.25, 0.3) is 0 Å². The number of alkyl carbamates (subject to hydrolysis) is 1. The fourth-order valence-electron chi connectivity index (χ4n) is 4.29. The fourth-order valence-corrected chi connectivity index (χ4v) is 4.29. The average molecular weight is 573 g/mol. The van der Waals surface area contributed by atoms with Gasteiger partial charge in [-0.2, -0.15) is 0 Å². The topological polar surface area (TPSA) is 120 Å². The van der Waals surface area contributed by atoms with Crippen molar-refractivity contribution in [3.05, 3.63) is 94.9 Å². The van der Waals surface area contributed by atoms with Gasteiger partial charge in [-0.15, -0.1) is 0 Å². The van der Waals surface area contributed by atoms with E-state index in [9.17, 15) is 9.59 Å². The Hall–Kier alpha value is -4.79.